The van der Waals surface area contributed by atoms with Crippen LogP contribution in [0, 0.1) is 0 Å². The van der Waals surface area contributed by atoms with Gasteiger partial charge in [-0.25, -0.2) is 4.98 Å². The van der Waals surface area contributed by atoms with Gasteiger partial charge in [-0.2, -0.15) is 9.97 Å². The second-order valence-corrected chi connectivity index (χ2v) is 13.7. The molecule has 0 saturated carbocycles. The van der Waals surface area contributed by atoms with Gasteiger partial charge in [0, 0.05) is 38.4 Å². The van der Waals surface area contributed by atoms with Gasteiger partial charge in [0.05, 0.1) is 28.9 Å². The Labute approximate surface area is 330 Å². The largest absolute Gasteiger partial charge is 0.307 e. The summed E-state index contributed by atoms with van der Waals surface area (Å²) in [5.74, 6) is 0.504. The van der Waals surface area contributed by atoms with Gasteiger partial charge in [-0.15, -0.1) is 0 Å². The SMILES string of the molecule is [2H]c1c([2H])c([2H])c(-c2nc(-c3cccc(-c4ccccc4)c3)nc(-n3c4ccccc4c4ccc5c6ccccc6n(-c6ccc(-c7ccccc7)cc6)c5c43)n2)c([2H])c1[2H]. The molecule has 3 heterocycles. The van der Waals surface area contributed by atoms with Crippen molar-refractivity contribution >= 4 is 43.6 Å². The smallest absolute Gasteiger partial charge is 0.238 e. The molecule has 0 fully saturated rings. The van der Waals surface area contributed by atoms with Crippen LogP contribution >= 0.6 is 0 Å². The second kappa shape index (κ2) is 13.0. The molecule has 8 aromatic carbocycles. The lowest BCUT2D eigenvalue weighted by Crippen LogP contribution is -2.07. The molecule has 0 unspecified atom stereocenters. The first kappa shape index (κ1) is 27.0. The number of aromatic nitrogens is 5. The van der Waals surface area contributed by atoms with Crippen LogP contribution in [-0.4, -0.2) is 24.1 Å². The fraction of sp³-hybridized carbons (Fsp3) is 0. The first-order valence-electron chi connectivity index (χ1n) is 21.0. The van der Waals surface area contributed by atoms with Crippen LogP contribution < -0.4 is 0 Å². The van der Waals surface area contributed by atoms with Crippen LogP contribution in [0.2, 0.25) is 0 Å². The fourth-order valence-corrected chi connectivity index (χ4v) is 7.95. The Kier molecular flexibility index (Phi) is 6.29. The zero-order valence-corrected chi connectivity index (χ0v) is 29.9. The Bertz CT molecular complexity index is 3500. The van der Waals surface area contributed by atoms with Crippen LogP contribution in [0.25, 0.3) is 100 Å². The summed E-state index contributed by atoms with van der Waals surface area (Å²) >= 11 is 0. The van der Waals surface area contributed by atoms with E-state index in [4.69, 9.17) is 21.8 Å². The molecule has 262 valence electrons. The lowest BCUT2D eigenvalue weighted by molar-refractivity contribution is 0.953. The maximum absolute atomic E-state index is 8.98. The van der Waals surface area contributed by atoms with Crippen molar-refractivity contribution in [2.24, 2.45) is 0 Å². The third-order valence-corrected chi connectivity index (χ3v) is 10.5. The van der Waals surface area contributed by atoms with E-state index in [0.717, 1.165) is 71.6 Å². The van der Waals surface area contributed by atoms with E-state index < -0.39 is 30.2 Å². The third-order valence-electron chi connectivity index (χ3n) is 10.5. The van der Waals surface area contributed by atoms with Gasteiger partial charge in [-0.1, -0.05) is 170 Å². The molecular formula is C51H33N5. The molecule has 5 nitrogen and oxygen atoms in total. The zero-order valence-electron chi connectivity index (χ0n) is 34.9. The lowest BCUT2D eigenvalue weighted by Gasteiger charge is -2.14. The van der Waals surface area contributed by atoms with Crippen molar-refractivity contribution in [3.05, 3.63) is 200 Å². The quantitative estimate of drug-likeness (QED) is 0.172. The highest BCUT2D eigenvalue weighted by molar-refractivity contribution is 6.23. The summed E-state index contributed by atoms with van der Waals surface area (Å²) < 4.78 is 47.7. The number of rotatable bonds is 6. The van der Waals surface area contributed by atoms with Crippen molar-refractivity contribution < 1.29 is 6.85 Å². The predicted molar refractivity (Wildman–Crippen MR) is 230 cm³/mol. The molecule has 0 saturated heterocycles. The Morgan fingerprint density at radius 3 is 1.52 bits per heavy atom. The van der Waals surface area contributed by atoms with E-state index >= 15 is 0 Å². The summed E-state index contributed by atoms with van der Waals surface area (Å²) in [6, 6.07) is 55.4. The van der Waals surface area contributed by atoms with Gasteiger partial charge in [-0.05, 0) is 52.6 Å². The Balaban J connectivity index is 1.25. The standard InChI is InChI=1S/C51H33N5/c1-4-15-34(16-5-1)36-27-29-40(30-28-36)55-45-25-12-10-23-41(45)43-31-32-44-42-24-11-13-26-46(42)56(48(44)47(43)55)51-53-49(37-19-8-3-9-20-37)52-50(54-51)39-22-14-21-38(33-39)35-17-6-2-7-18-35/h1-33H/i3D,8D,9D,19D,20D. The van der Waals surface area contributed by atoms with Crippen LogP contribution in [0.1, 0.15) is 6.85 Å². The number of benzene rings is 8. The van der Waals surface area contributed by atoms with Gasteiger partial charge >= 0.3 is 0 Å². The van der Waals surface area contributed by atoms with E-state index in [0.29, 0.717) is 11.4 Å². The maximum Gasteiger partial charge on any atom is 0.238 e. The van der Waals surface area contributed by atoms with Gasteiger partial charge in [0.2, 0.25) is 5.95 Å². The third kappa shape index (κ3) is 5.21. The van der Waals surface area contributed by atoms with Crippen molar-refractivity contribution in [2.75, 3.05) is 0 Å². The summed E-state index contributed by atoms with van der Waals surface area (Å²) in [7, 11) is 0. The molecule has 11 rings (SSSR count). The van der Waals surface area contributed by atoms with Crippen molar-refractivity contribution in [3.8, 4) is 56.7 Å². The molecule has 0 atom stereocenters. The van der Waals surface area contributed by atoms with E-state index in [1.54, 1.807) is 0 Å². The fourth-order valence-electron chi connectivity index (χ4n) is 7.95. The minimum absolute atomic E-state index is 0.0303. The van der Waals surface area contributed by atoms with E-state index in [1.165, 1.54) is 0 Å². The topological polar surface area (TPSA) is 48.5 Å². The van der Waals surface area contributed by atoms with Crippen molar-refractivity contribution in [1.29, 1.82) is 0 Å². The average Bonchev–Trinajstić information content (AvgIpc) is 3.84. The molecule has 0 aliphatic rings. The van der Waals surface area contributed by atoms with E-state index in [-0.39, 0.29) is 17.3 Å². The first-order chi connectivity index (χ1) is 29.9. The van der Waals surface area contributed by atoms with Crippen LogP contribution in [0.15, 0.2) is 200 Å². The minimum atomic E-state index is -0.488. The molecule has 0 amide bonds. The van der Waals surface area contributed by atoms with Gasteiger partial charge in [0.15, 0.2) is 11.6 Å². The normalized spacial score (nSPS) is 12.8. The molecule has 0 aliphatic carbocycles. The maximum atomic E-state index is 8.98. The van der Waals surface area contributed by atoms with Crippen LogP contribution in [0.3, 0.4) is 0 Å². The molecular weight excluding hydrogens is 683 g/mol. The average molecular weight is 721 g/mol. The number of hydrogen-bond donors (Lipinski definition) is 0. The highest BCUT2D eigenvalue weighted by Gasteiger charge is 2.23. The number of para-hydroxylation sites is 2. The summed E-state index contributed by atoms with van der Waals surface area (Å²) in [5, 5.41) is 4.07. The van der Waals surface area contributed by atoms with Gasteiger partial charge in [0.25, 0.3) is 0 Å². The van der Waals surface area contributed by atoms with Crippen LogP contribution in [0.5, 0.6) is 0 Å². The molecule has 0 spiro atoms. The predicted octanol–water partition coefficient (Wildman–Crippen LogP) is 12.7. The Hall–Kier alpha value is -7.63. The molecule has 3 aromatic heterocycles. The highest BCUT2D eigenvalue weighted by atomic mass is 15.2. The number of nitrogens with zero attached hydrogens (tertiary/aromatic N) is 5. The number of hydrogen-bond acceptors (Lipinski definition) is 3. The summed E-state index contributed by atoms with van der Waals surface area (Å²) in [6.07, 6.45) is 0. The van der Waals surface area contributed by atoms with E-state index in [9.17, 15) is 0 Å². The summed E-state index contributed by atoms with van der Waals surface area (Å²) in [4.78, 5) is 15.2. The van der Waals surface area contributed by atoms with Crippen molar-refractivity contribution in [3.63, 3.8) is 0 Å². The van der Waals surface area contributed by atoms with Crippen LogP contribution in [-0.2, 0) is 0 Å². The summed E-state index contributed by atoms with van der Waals surface area (Å²) in [5.41, 5.74) is 9.42. The van der Waals surface area contributed by atoms with E-state index in [2.05, 4.69) is 83.4 Å². The highest BCUT2D eigenvalue weighted by Crippen LogP contribution is 2.42. The van der Waals surface area contributed by atoms with Gasteiger partial charge in [0.1, 0.15) is 0 Å². The number of fused-ring (bicyclic) bond motifs is 7. The molecule has 56 heavy (non-hydrogen) atoms. The Morgan fingerprint density at radius 2 is 0.857 bits per heavy atom. The molecule has 0 bridgehead atoms. The summed E-state index contributed by atoms with van der Waals surface area (Å²) in [6.45, 7) is 0. The first-order valence-corrected chi connectivity index (χ1v) is 18.5. The van der Waals surface area contributed by atoms with Crippen molar-refractivity contribution in [1.82, 2.24) is 24.1 Å². The van der Waals surface area contributed by atoms with Crippen LogP contribution in [0.4, 0.5) is 0 Å². The van der Waals surface area contributed by atoms with Crippen molar-refractivity contribution in [2.45, 2.75) is 0 Å². The zero-order chi connectivity index (χ0) is 41.4. The van der Waals surface area contributed by atoms with E-state index in [1.807, 2.05) is 95.6 Å². The minimum Gasteiger partial charge on any atom is -0.307 e. The molecule has 0 aliphatic heterocycles. The monoisotopic (exact) mass is 720 g/mol. The van der Waals surface area contributed by atoms with Gasteiger partial charge < -0.3 is 4.57 Å². The molecule has 0 radical (unpaired) electrons. The lowest BCUT2D eigenvalue weighted by atomic mass is 10.0. The van der Waals surface area contributed by atoms with Gasteiger partial charge in [-0.3, -0.25) is 4.57 Å². The Morgan fingerprint density at radius 1 is 0.357 bits per heavy atom. The molecule has 11 aromatic rings. The molecule has 5 heteroatoms. The molecule has 0 N–H and O–H groups in total. The second-order valence-electron chi connectivity index (χ2n) is 13.7.